The highest BCUT2D eigenvalue weighted by Gasteiger charge is 2.26. The number of aromatic nitrogens is 3. The number of carbonyl (C=O) groups excluding carboxylic acids is 1. The van der Waals surface area contributed by atoms with Crippen LogP contribution in [0.2, 0.25) is 5.02 Å². The second-order valence-electron chi connectivity index (χ2n) is 7.34. The van der Waals surface area contributed by atoms with E-state index in [0.29, 0.717) is 33.6 Å². The number of thiocarbonyl (C=S) groups is 1. The summed E-state index contributed by atoms with van der Waals surface area (Å²) < 4.78 is 19.8. The smallest absolute Gasteiger partial charge is 0.341 e. The molecule has 168 valence electrons. The summed E-state index contributed by atoms with van der Waals surface area (Å²) in [5, 5.41) is 11.6. The van der Waals surface area contributed by atoms with Gasteiger partial charge in [0.05, 0.1) is 19.2 Å². The van der Waals surface area contributed by atoms with Crippen LogP contribution in [0.5, 0.6) is 0 Å². The fourth-order valence-corrected chi connectivity index (χ4v) is 5.40. The van der Waals surface area contributed by atoms with Gasteiger partial charge in [0.15, 0.2) is 5.11 Å². The van der Waals surface area contributed by atoms with E-state index in [-0.39, 0.29) is 11.1 Å². The van der Waals surface area contributed by atoms with Crippen molar-refractivity contribution in [2.75, 3.05) is 17.7 Å². The fourth-order valence-electron chi connectivity index (χ4n) is 3.64. The summed E-state index contributed by atoms with van der Waals surface area (Å²) in [4.78, 5) is 17.9. The van der Waals surface area contributed by atoms with Gasteiger partial charge in [0, 0.05) is 9.90 Å². The number of anilines is 2. The standard InChI is InChI=1S/C21H21ClFN5O2S2/c1-30-19(29)17-14-5-3-2-4-6-16(14)32-18(17)25-21(31)26-20-24-11-28(27-20)10-12-7-8-13(23)9-15(12)22/h7-9,11H,2-6,10H2,1H3,(H2,25,26,27,31). The second-order valence-corrected chi connectivity index (χ2v) is 9.26. The third kappa shape index (κ3) is 5.08. The second kappa shape index (κ2) is 9.93. The van der Waals surface area contributed by atoms with Gasteiger partial charge in [0.2, 0.25) is 5.95 Å². The maximum absolute atomic E-state index is 13.2. The van der Waals surface area contributed by atoms with Crippen LogP contribution in [0.1, 0.15) is 45.6 Å². The lowest BCUT2D eigenvalue weighted by Crippen LogP contribution is -2.21. The predicted molar refractivity (Wildman–Crippen MR) is 127 cm³/mol. The minimum Gasteiger partial charge on any atom is -0.465 e. The largest absolute Gasteiger partial charge is 0.465 e. The predicted octanol–water partition coefficient (Wildman–Crippen LogP) is 5.04. The van der Waals surface area contributed by atoms with E-state index in [4.69, 9.17) is 28.6 Å². The van der Waals surface area contributed by atoms with Crippen LogP contribution < -0.4 is 10.6 Å². The highest BCUT2D eigenvalue weighted by molar-refractivity contribution is 7.80. The first kappa shape index (κ1) is 22.6. The number of ether oxygens (including phenoxy) is 1. The number of methoxy groups -OCH3 is 1. The number of rotatable bonds is 5. The monoisotopic (exact) mass is 493 g/mol. The van der Waals surface area contributed by atoms with Crippen LogP contribution in [-0.2, 0) is 24.1 Å². The molecule has 1 aliphatic carbocycles. The topological polar surface area (TPSA) is 81.1 Å². The first-order valence-corrected chi connectivity index (χ1v) is 11.7. The van der Waals surface area contributed by atoms with Crippen molar-refractivity contribution in [3.8, 4) is 0 Å². The molecule has 1 aromatic carbocycles. The Morgan fingerprint density at radius 2 is 2.12 bits per heavy atom. The fraction of sp³-hybridized carbons (Fsp3) is 0.333. The Morgan fingerprint density at radius 3 is 2.91 bits per heavy atom. The molecule has 0 fully saturated rings. The molecule has 1 aliphatic rings. The van der Waals surface area contributed by atoms with Crippen molar-refractivity contribution in [1.82, 2.24) is 14.8 Å². The van der Waals surface area contributed by atoms with Crippen molar-refractivity contribution in [1.29, 1.82) is 0 Å². The third-order valence-electron chi connectivity index (χ3n) is 5.15. The molecule has 11 heteroatoms. The number of aryl methyl sites for hydroxylation is 1. The number of esters is 1. The normalized spacial score (nSPS) is 13.2. The maximum atomic E-state index is 13.2. The summed E-state index contributed by atoms with van der Waals surface area (Å²) in [6, 6.07) is 4.21. The molecule has 0 radical (unpaired) electrons. The van der Waals surface area contributed by atoms with Crippen LogP contribution in [0.15, 0.2) is 24.5 Å². The van der Waals surface area contributed by atoms with Crippen molar-refractivity contribution in [2.24, 2.45) is 0 Å². The number of thiophene rings is 1. The number of halogens is 2. The molecule has 2 N–H and O–H groups in total. The van der Waals surface area contributed by atoms with Crippen LogP contribution in [0.3, 0.4) is 0 Å². The zero-order chi connectivity index (χ0) is 22.7. The average molecular weight is 494 g/mol. The van der Waals surface area contributed by atoms with E-state index in [9.17, 15) is 9.18 Å². The molecule has 0 bridgehead atoms. The van der Waals surface area contributed by atoms with E-state index < -0.39 is 5.82 Å². The van der Waals surface area contributed by atoms with E-state index in [1.807, 2.05) is 0 Å². The van der Waals surface area contributed by atoms with Gasteiger partial charge < -0.3 is 10.1 Å². The summed E-state index contributed by atoms with van der Waals surface area (Å²) >= 11 is 13.0. The van der Waals surface area contributed by atoms with Gasteiger partial charge in [-0.15, -0.1) is 16.4 Å². The highest BCUT2D eigenvalue weighted by atomic mass is 35.5. The van der Waals surface area contributed by atoms with Gasteiger partial charge >= 0.3 is 5.97 Å². The first-order chi connectivity index (χ1) is 15.4. The average Bonchev–Trinajstić information content (AvgIpc) is 3.25. The van der Waals surface area contributed by atoms with Crippen LogP contribution in [0, 0.1) is 5.82 Å². The minimum absolute atomic E-state index is 0.268. The molecule has 0 saturated carbocycles. The Hall–Kier alpha value is -2.56. The van der Waals surface area contributed by atoms with E-state index >= 15 is 0 Å². The van der Waals surface area contributed by atoms with E-state index in [2.05, 4.69) is 20.7 Å². The Balaban J connectivity index is 1.46. The Morgan fingerprint density at radius 1 is 1.31 bits per heavy atom. The first-order valence-electron chi connectivity index (χ1n) is 10.1. The number of benzene rings is 1. The molecule has 2 heterocycles. The molecule has 3 aromatic rings. The molecule has 2 aromatic heterocycles. The van der Waals surface area contributed by atoms with E-state index in [1.165, 1.54) is 41.8 Å². The Kier molecular flexibility index (Phi) is 7.02. The van der Waals surface area contributed by atoms with Gasteiger partial charge in [-0.1, -0.05) is 24.1 Å². The number of hydrogen-bond donors (Lipinski definition) is 2. The van der Waals surface area contributed by atoms with Gasteiger partial charge in [0.25, 0.3) is 0 Å². The van der Waals surface area contributed by atoms with Gasteiger partial charge in [-0.25, -0.2) is 18.9 Å². The summed E-state index contributed by atoms with van der Waals surface area (Å²) in [7, 11) is 1.38. The highest BCUT2D eigenvalue weighted by Crippen LogP contribution is 2.38. The molecule has 32 heavy (non-hydrogen) atoms. The molecule has 0 aliphatic heterocycles. The molecule has 0 unspecified atom stereocenters. The quantitative estimate of drug-likeness (QED) is 0.292. The Bertz CT molecular complexity index is 1160. The van der Waals surface area contributed by atoms with E-state index in [1.54, 1.807) is 10.7 Å². The van der Waals surface area contributed by atoms with Crippen LogP contribution in [0.25, 0.3) is 0 Å². The molecule has 7 nitrogen and oxygen atoms in total. The van der Waals surface area contributed by atoms with Gasteiger partial charge in [-0.05, 0) is 61.2 Å². The van der Waals surface area contributed by atoms with Crippen LogP contribution >= 0.6 is 35.2 Å². The van der Waals surface area contributed by atoms with Gasteiger partial charge in [0.1, 0.15) is 17.1 Å². The third-order valence-corrected chi connectivity index (χ3v) is 6.91. The SMILES string of the molecule is COC(=O)c1c(NC(=S)Nc2ncn(Cc3ccc(F)cc3Cl)n2)sc2c1CCCCC2. The molecule has 0 atom stereocenters. The van der Waals surface area contributed by atoms with Crippen molar-refractivity contribution < 1.29 is 13.9 Å². The lowest BCUT2D eigenvalue weighted by Gasteiger charge is -2.09. The molecule has 0 spiro atoms. The van der Waals surface area contributed by atoms with Crippen LogP contribution in [-0.4, -0.2) is 33.0 Å². The lowest BCUT2D eigenvalue weighted by atomic mass is 10.1. The molecular weight excluding hydrogens is 473 g/mol. The molecule has 0 saturated heterocycles. The zero-order valence-corrected chi connectivity index (χ0v) is 19.7. The summed E-state index contributed by atoms with van der Waals surface area (Å²) in [6.07, 6.45) is 6.64. The molecular formula is C21H21ClFN5O2S2. The van der Waals surface area contributed by atoms with Gasteiger partial charge in [-0.3, -0.25) is 5.32 Å². The number of carbonyl (C=O) groups is 1. The number of nitrogens with one attached hydrogen (secondary N) is 2. The lowest BCUT2D eigenvalue weighted by molar-refractivity contribution is 0.0601. The zero-order valence-electron chi connectivity index (χ0n) is 17.3. The summed E-state index contributed by atoms with van der Waals surface area (Å²) in [5.41, 5.74) is 2.33. The maximum Gasteiger partial charge on any atom is 0.341 e. The Labute approximate surface area is 198 Å². The van der Waals surface area contributed by atoms with E-state index in [0.717, 1.165) is 37.7 Å². The summed E-state index contributed by atoms with van der Waals surface area (Å²) in [5.74, 6) is -0.472. The van der Waals surface area contributed by atoms with Crippen molar-refractivity contribution in [3.63, 3.8) is 0 Å². The van der Waals surface area contributed by atoms with Gasteiger partial charge in [-0.2, -0.15) is 0 Å². The number of fused-ring (bicyclic) bond motifs is 1. The summed E-state index contributed by atoms with van der Waals surface area (Å²) in [6.45, 7) is 0.331. The molecule has 4 rings (SSSR count). The van der Waals surface area contributed by atoms with Crippen molar-refractivity contribution >= 4 is 57.2 Å². The van der Waals surface area contributed by atoms with Crippen molar-refractivity contribution in [2.45, 2.75) is 38.6 Å². The van der Waals surface area contributed by atoms with Crippen molar-refractivity contribution in [3.05, 3.63) is 56.9 Å². The minimum atomic E-state index is -0.395. The number of nitrogens with zero attached hydrogens (tertiary/aromatic N) is 3. The number of hydrogen-bond acceptors (Lipinski definition) is 6. The van der Waals surface area contributed by atoms with Crippen LogP contribution in [0.4, 0.5) is 15.3 Å². The molecule has 0 amide bonds.